The first-order valence-corrected chi connectivity index (χ1v) is 5.38. The topological polar surface area (TPSA) is 3.24 Å². The van der Waals surface area contributed by atoms with Crippen LogP contribution in [-0.4, -0.2) is 29.7 Å². The molecule has 78 valence electrons. The van der Waals surface area contributed by atoms with E-state index in [0.717, 1.165) is 19.4 Å². The largest absolute Gasteiger partial charge is 0.298 e. The predicted molar refractivity (Wildman–Crippen MR) is 54.6 cm³/mol. The van der Waals surface area contributed by atoms with E-state index in [4.69, 9.17) is 0 Å². The first kappa shape index (κ1) is 11.0. The van der Waals surface area contributed by atoms with Gasteiger partial charge in [0.2, 0.25) is 0 Å². The summed E-state index contributed by atoms with van der Waals surface area (Å²) in [5.74, 6) is 0.147. The molecule has 0 amide bonds. The summed E-state index contributed by atoms with van der Waals surface area (Å²) in [6.45, 7) is 9.96. The Labute approximate surface area is 81.3 Å². The van der Waals surface area contributed by atoms with Gasteiger partial charge in [-0.1, -0.05) is 13.8 Å². The fourth-order valence-corrected chi connectivity index (χ4v) is 1.98. The van der Waals surface area contributed by atoms with Crippen LogP contribution in [0.3, 0.4) is 0 Å². The fourth-order valence-electron chi connectivity index (χ4n) is 1.98. The van der Waals surface area contributed by atoms with Gasteiger partial charge in [-0.3, -0.25) is 4.90 Å². The molecule has 0 N–H and O–H groups in total. The maximum absolute atomic E-state index is 14.3. The summed E-state index contributed by atoms with van der Waals surface area (Å²) in [5.41, 5.74) is -0.942. The summed E-state index contributed by atoms with van der Waals surface area (Å²) in [6, 6.07) is 0.481. The lowest BCUT2D eigenvalue weighted by atomic mass is 9.84. The molecule has 13 heavy (non-hydrogen) atoms. The average molecular weight is 187 g/mol. The minimum Gasteiger partial charge on any atom is -0.298 e. The number of likely N-dealkylation sites (tertiary alicyclic amines) is 1. The highest BCUT2D eigenvalue weighted by Gasteiger charge is 2.38. The summed E-state index contributed by atoms with van der Waals surface area (Å²) in [5, 5.41) is 0. The van der Waals surface area contributed by atoms with Crippen molar-refractivity contribution in [2.75, 3.05) is 13.1 Å². The summed E-state index contributed by atoms with van der Waals surface area (Å²) in [6.07, 6.45) is 1.75. The van der Waals surface area contributed by atoms with Crippen molar-refractivity contribution in [2.24, 2.45) is 5.92 Å². The quantitative estimate of drug-likeness (QED) is 0.642. The molecule has 1 aliphatic rings. The zero-order chi connectivity index (χ0) is 10.1. The molecule has 0 aromatic carbocycles. The summed E-state index contributed by atoms with van der Waals surface area (Å²) in [7, 11) is 0. The number of alkyl halides is 1. The Balaban J connectivity index is 2.60. The van der Waals surface area contributed by atoms with Crippen molar-refractivity contribution in [3.63, 3.8) is 0 Å². The smallest absolute Gasteiger partial charge is 0.126 e. The number of halogens is 1. The van der Waals surface area contributed by atoms with Crippen LogP contribution >= 0.6 is 0 Å². The minimum atomic E-state index is -0.942. The highest BCUT2D eigenvalue weighted by molar-refractivity contribution is 4.90. The van der Waals surface area contributed by atoms with Crippen LogP contribution < -0.4 is 0 Å². The second kappa shape index (κ2) is 3.95. The molecule has 0 radical (unpaired) electrons. The highest BCUT2D eigenvalue weighted by atomic mass is 19.1. The number of rotatable bonds is 2. The Morgan fingerprint density at radius 3 is 2.31 bits per heavy atom. The van der Waals surface area contributed by atoms with Crippen LogP contribution in [0.1, 0.15) is 40.5 Å². The molecule has 0 bridgehead atoms. The second-order valence-electron chi connectivity index (χ2n) is 4.86. The summed E-state index contributed by atoms with van der Waals surface area (Å²) < 4.78 is 14.3. The number of hydrogen-bond acceptors (Lipinski definition) is 1. The van der Waals surface area contributed by atoms with Crippen molar-refractivity contribution >= 4 is 0 Å². The van der Waals surface area contributed by atoms with E-state index in [-0.39, 0.29) is 5.92 Å². The van der Waals surface area contributed by atoms with E-state index >= 15 is 0 Å². The van der Waals surface area contributed by atoms with Gasteiger partial charge in [-0.05, 0) is 39.2 Å². The van der Waals surface area contributed by atoms with Crippen molar-refractivity contribution in [3.8, 4) is 0 Å². The van der Waals surface area contributed by atoms with Gasteiger partial charge < -0.3 is 0 Å². The van der Waals surface area contributed by atoms with Gasteiger partial charge >= 0.3 is 0 Å². The molecule has 1 saturated heterocycles. The van der Waals surface area contributed by atoms with Crippen molar-refractivity contribution in [2.45, 2.75) is 52.2 Å². The third-order valence-corrected chi connectivity index (χ3v) is 3.27. The second-order valence-corrected chi connectivity index (χ2v) is 4.86. The van der Waals surface area contributed by atoms with E-state index in [0.29, 0.717) is 12.6 Å². The predicted octanol–water partition coefficient (Wildman–Crippen LogP) is 2.85. The Morgan fingerprint density at radius 1 is 1.23 bits per heavy atom. The number of hydrogen-bond donors (Lipinski definition) is 0. The molecule has 1 fully saturated rings. The Hall–Kier alpha value is -0.110. The van der Waals surface area contributed by atoms with Gasteiger partial charge in [0.1, 0.15) is 5.67 Å². The zero-order valence-corrected chi connectivity index (χ0v) is 9.31. The first-order valence-electron chi connectivity index (χ1n) is 5.38. The number of piperidine rings is 1. The lowest BCUT2D eigenvalue weighted by molar-refractivity contribution is -0.00374. The molecule has 0 saturated carbocycles. The van der Waals surface area contributed by atoms with Crippen molar-refractivity contribution in [3.05, 3.63) is 0 Å². The fraction of sp³-hybridized carbons (Fsp3) is 1.00. The third kappa shape index (κ3) is 2.43. The SMILES string of the molecule is CC(C)N1CCC[C@@](F)(C(C)C)C1. The number of nitrogens with zero attached hydrogens (tertiary/aromatic N) is 1. The maximum atomic E-state index is 14.3. The maximum Gasteiger partial charge on any atom is 0.126 e. The molecular formula is C11H22FN. The third-order valence-electron chi connectivity index (χ3n) is 3.27. The Morgan fingerprint density at radius 2 is 1.85 bits per heavy atom. The van der Waals surface area contributed by atoms with Crippen LogP contribution in [0.15, 0.2) is 0 Å². The zero-order valence-electron chi connectivity index (χ0n) is 9.31. The molecule has 2 heteroatoms. The van der Waals surface area contributed by atoms with Crippen molar-refractivity contribution in [1.29, 1.82) is 0 Å². The molecule has 1 atom stereocenters. The van der Waals surface area contributed by atoms with Crippen molar-refractivity contribution < 1.29 is 4.39 Å². The molecule has 1 heterocycles. The van der Waals surface area contributed by atoms with E-state index in [1.165, 1.54) is 0 Å². The Kier molecular flexibility index (Phi) is 3.33. The summed E-state index contributed by atoms with van der Waals surface area (Å²) in [4.78, 5) is 2.25. The van der Waals surface area contributed by atoms with Gasteiger partial charge in [0.05, 0.1) is 0 Å². The Bertz CT molecular complexity index is 167. The van der Waals surface area contributed by atoms with Gasteiger partial charge in [-0.25, -0.2) is 4.39 Å². The lowest BCUT2D eigenvalue weighted by Crippen LogP contribution is -2.50. The van der Waals surface area contributed by atoms with Crippen LogP contribution in [0.4, 0.5) is 4.39 Å². The highest BCUT2D eigenvalue weighted by Crippen LogP contribution is 2.32. The van der Waals surface area contributed by atoms with Crippen LogP contribution in [0.2, 0.25) is 0 Å². The average Bonchev–Trinajstić information content (AvgIpc) is 2.04. The van der Waals surface area contributed by atoms with Gasteiger partial charge in [0.25, 0.3) is 0 Å². The molecule has 0 aromatic rings. The van der Waals surface area contributed by atoms with E-state index in [9.17, 15) is 4.39 Å². The molecule has 1 aliphatic heterocycles. The van der Waals surface area contributed by atoms with Crippen LogP contribution in [0.25, 0.3) is 0 Å². The standard InChI is InChI=1S/C11H22FN/c1-9(2)11(12)6-5-7-13(8-11)10(3)4/h9-10H,5-8H2,1-4H3/t11-/m0/s1. The molecular weight excluding hydrogens is 165 g/mol. The van der Waals surface area contributed by atoms with E-state index in [1.54, 1.807) is 0 Å². The minimum absolute atomic E-state index is 0.147. The van der Waals surface area contributed by atoms with Gasteiger partial charge in [-0.2, -0.15) is 0 Å². The van der Waals surface area contributed by atoms with Gasteiger partial charge in [-0.15, -0.1) is 0 Å². The van der Waals surface area contributed by atoms with Crippen LogP contribution in [-0.2, 0) is 0 Å². The van der Waals surface area contributed by atoms with E-state index < -0.39 is 5.67 Å². The molecule has 0 aromatic heterocycles. The van der Waals surface area contributed by atoms with Gasteiger partial charge in [0, 0.05) is 12.6 Å². The van der Waals surface area contributed by atoms with Gasteiger partial charge in [0.15, 0.2) is 0 Å². The monoisotopic (exact) mass is 187 g/mol. The van der Waals surface area contributed by atoms with E-state index in [2.05, 4.69) is 18.7 Å². The normalized spacial score (nSPS) is 31.6. The molecule has 0 spiro atoms. The lowest BCUT2D eigenvalue weighted by Gasteiger charge is -2.41. The van der Waals surface area contributed by atoms with Crippen LogP contribution in [0.5, 0.6) is 0 Å². The van der Waals surface area contributed by atoms with Crippen LogP contribution in [0, 0.1) is 5.92 Å². The molecule has 1 nitrogen and oxygen atoms in total. The first-order chi connectivity index (χ1) is 5.96. The summed E-state index contributed by atoms with van der Waals surface area (Å²) >= 11 is 0. The van der Waals surface area contributed by atoms with Crippen molar-refractivity contribution in [1.82, 2.24) is 4.90 Å². The molecule has 0 aliphatic carbocycles. The molecule has 0 unspecified atom stereocenters. The van der Waals surface area contributed by atoms with E-state index in [1.807, 2.05) is 13.8 Å². The molecule has 1 rings (SSSR count).